The first-order valence-corrected chi connectivity index (χ1v) is 19.8. The molecule has 0 aliphatic carbocycles. The van der Waals surface area contributed by atoms with Crippen LogP contribution in [0.3, 0.4) is 0 Å². The van der Waals surface area contributed by atoms with Crippen LogP contribution in [-0.2, 0) is 77.7 Å². The summed E-state index contributed by atoms with van der Waals surface area (Å²) in [5, 5.41) is 23.5. The van der Waals surface area contributed by atoms with E-state index in [4.69, 9.17) is 30.6 Å². The quantitative estimate of drug-likeness (QED) is 0.0934. The number of Topliss-reactive ketones (excluding diaryl/α,β-unsaturated/α-hetero) is 1. The number of carboxylic acid groups (broad SMARTS) is 1. The lowest BCUT2D eigenvalue weighted by molar-refractivity contribution is -0.183. The minimum Gasteiger partial charge on any atom is -0.481 e. The molecule has 4 aliphatic rings. The molecule has 4 saturated heterocycles. The zero-order valence-corrected chi connectivity index (χ0v) is 33.8. The van der Waals surface area contributed by atoms with Crippen LogP contribution in [0.5, 0.6) is 0 Å². The van der Waals surface area contributed by atoms with Crippen molar-refractivity contribution in [2.75, 3.05) is 26.3 Å². The Morgan fingerprint density at radius 2 is 1.43 bits per heavy atom. The van der Waals surface area contributed by atoms with Gasteiger partial charge in [-0.2, -0.15) is 13.5 Å². The summed E-state index contributed by atoms with van der Waals surface area (Å²) >= 11 is 15.6. The van der Waals surface area contributed by atoms with Crippen LogP contribution in [0, 0.1) is 0 Å². The van der Waals surface area contributed by atoms with Crippen molar-refractivity contribution in [3.63, 3.8) is 0 Å². The monoisotopic (exact) mass is 854 g/mol. The molecule has 53 heavy (non-hydrogen) atoms. The number of azide groups is 2. The molecule has 0 amide bonds. The number of carboxylic acids is 1. The van der Waals surface area contributed by atoms with E-state index in [1.165, 1.54) is 19.3 Å². The lowest BCUT2D eigenvalue weighted by Gasteiger charge is -2.43. The molecule has 1 aromatic rings. The van der Waals surface area contributed by atoms with Crippen LogP contribution in [0.2, 0.25) is 0 Å². The number of nitrogens with two attached hydrogens (primary N) is 1. The number of hydrogen-bond donors (Lipinski definition) is 3. The summed E-state index contributed by atoms with van der Waals surface area (Å²) in [5.74, 6) is 3.90. The number of piperidine rings is 4. The van der Waals surface area contributed by atoms with E-state index < -0.39 is 5.97 Å². The number of hydroxylamine groups is 2. The summed E-state index contributed by atoms with van der Waals surface area (Å²) in [6.07, 6.45) is 9.82. The number of nitrogens with one attached hydrogen (secondary N) is 1. The van der Waals surface area contributed by atoms with Gasteiger partial charge >= 0.3 is 5.97 Å². The molecule has 5 rings (SSSR count). The SMILES string of the molecule is C.CC(=O)O.O=C1CC2CCCC(C1)N2.S.S=S.S=S=S.[N-]=[N+]=NCCON.[N-]=[N+]=NCCON=C1CC2CCCC(C1)N2OC(=O)c1ccccc1. The average Bonchev–Trinajstić information content (AvgIpc) is 3.10. The number of nitrogens with zero attached hydrogens (tertiary/aromatic N) is 8. The maximum Gasteiger partial charge on any atom is 0.357 e. The molecule has 4 aliphatic heterocycles. The molecular formula is C30H50N10O7S6. The first kappa shape index (κ1) is 54.6. The fourth-order valence-corrected chi connectivity index (χ4v) is 5.57. The van der Waals surface area contributed by atoms with E-state index in [0.717, 1.165) is 66.5 Å². The maximum absolute atomic E-state index is 12.3. The van der Waals surface area contributed by atoms with E-state index in [1.807, 2.05) is 23.3 Å². The molecule has 23 heteroatoms. The van der Waals surface area contributed by atoms with Gasteiger partial charge in [-0.1, -0.05) is 53.9 Å². The number of oxime groups is 1. The van der Waals surface area contributed by atoms with Crippen molar-refractivity contribution in [2.45, 2.75) is 103 Å². The highest BCUT2D eigenvalue weighted by Gasteiger charge is 2.40. The summed E-state index contributed by atoms with van der Waals surface area (Å²) in [7, 11) is 0.917. The molecule has 0 aromatic heterocycles. The number of ketones is 1. The number of aliphatic carboxylic acids is 1. The number of fused-ring (bicyclic) bond motifs is 4. The van der Waals surface area contributed by atoms with Crippen LogP contribution < -0.4 is 11.2 Å². The third-order valence-corrected chi connectivity index (χ3v) is 7.37. The van der Waals surface area contributed by atoms with Crippen molar-refractivity contribution < 1.29 is 34.0 Å². The number of carbonyl (C=O) groups excluding carboxylic acids is 2. The van der Waals surface area contributed by atoms with E-state index in [9.17, 15) is 9.59 Å². The summed E-state index contributed by atoms with van der Waals surface area (Å²) in [6, 6.07) is 10.4. The fourth-order valence-electron chi connectivity index (χ4n) is 5.57. The van der Waals surface area contributed by atoms with E-state index in [0.29, 0.717) is 30.0 Å². The Hall–Kier alpha value is -2.79. The minimum atomic E-state index is -0.833. The van der Waals surface area contributed by atoms with Gasteiger partial charge in [0.05, 0.1) is 43.1 Å². The van der Waals surface area contributed by atoms with Crippen molar-refractivity contribution in [3.8, 4) is 0 Å². The van der Waals surface area contributed by atoms with Crippen LogP contribution in [0.4, 0.5) is 0 Å². The molecule has 4 bridgehead atoms. The number of carbonyl (C=O) groups is 3. The van der Waals surface area contributed by atoms with Gasteiger partial charge in [0.1, 0.15) is 12.4 Å². The van der Waals surface area contributed by atoms with Crippen molar-refractivity contribution in [1.82, 2.24) is 10.4 Å². The van der Waals surface area contributed by atoms with E-state index in [-0.39, 0.29) is 58.7 Å². The van der Waals surface area contributed by atoms with Crippen molar-refractivity contribution in [2.24, 2.45) is 21.3 Å². The van der Waals surface area contributed by atoms with Crippen LogP contribution in [0.15, 0.2) is 45.7 Å². The van der Waals surface area contributed by atoms with Gasteiger partial charge in [-0.15, -0.1) is 5.06 Å². The van der Waals surface area contributed by atoms with Crippen molar-refractivity contribution in [3.05, 3.63) is 56.8 Å². The van der Waals surface area contributed by atoms with Gasteiger partial charge in [-0.3, -0.25) is 9.59 Å². The second kappa shape index (κ2) is 36.2. The Balaban J connectivity index is -0.000000736. The second-order valence-electron chi connectivity index (χ2n) is 11.0. The first-order chi connectivity index (χ1) is 24.7. The normalized spacial score (nSPS) is 20.0. The predicted molar refractivity (Wildman–Crippen MR) is 222 cm³/mol. The summed E-state index contributed by atoms with van der Waals surface area (Å²) in [4.78, 5) is 52.5. The molecule has 17 nitrogen and oxygen atoms in total. The Labute approximate surface area is 340 Å². The van der Waals surface area contributed by atoms with Crippen molar-refractivity contribution in [1.29, 1.82) is 0 Å². The molecule has 4 fully saturated rings. The molecule has 4 N–H and O–H groups in total. The van der Waals surface area contributed by atoms with Gasteiger partial charge in [-0.25, -0.2) is 10.7 Å². The standard InChI is InChI=1S/C17H21N5O3.C8H13NO.C2H6N4O.C2H4O2.CH4.S3.S2.H2S/c18-21-19-9-10-24-20-14-11-15-7-4-8-16(12-14)22(15)25-17(23)13-5-2-1-3-6-13;10-8-4-6-2-1-3-7(5-8)9-6;3-6-5-1-2-7-4;1-2(3)4;;1-3-2;1-2;/h1-3,5-6,15-16H,4,7-12H2;6-7,9H,1-5H2;1-2,4H2;1H3,(H,3,4);1H4;;;1H2. The Kier molecular flexibility index (Phi) is 37.3. The molecule has 298 valence electrons. The van der Waals surface area contributed by atoms with Gasteiger partial charge in [0.2, 0.25) is 0 Å². The Morgan fingerprint density at radius 3 is 1.91 bits per heavy atom. The lowest BCUT2D eigenvalue weighted by Crippen LogP contribution is -2.52. The smallest absolute Gasteiger partial charge is 0.357 e. The van der Waals surface area contributed by atoms with Crippen LogP contribution in [-0.4, -0.2) is 84.1 Å². The molecule has 4 atom stereocenters. The largest absolute Gasteiger partial charge is 0.481 e. The summed E-state index contributed by atoms with van der Waals surface area (Å²) < 4.78 is 0. The van der Waals surface area contributed by atoms with Crippen molar-refractivity contribution >= 4 is 90.6 Å². The minimum absolute atomic E-state index is 0. The van der Waals surface area contributed by atoms with E-state index in [2.05, 4.69) is 86.0 Å². The highest BCUT2D eigenvalue weighted by atomic mass is 33.1. The molecular weight excluding hydrogens is 805 g/mol. The number of benzene rings is 1. The number of hydrogen-bond acceptors (Lipinski definition) is 16. The highest BCUT2D eigenvalue weighted by molar-refractivity contribution is 8.37. The predicted octanol–water partition coefficient (Wildman–Crippen LogP) is 5.33. The van der Waals surface area contributed by atoms with Gasteiger partial charge < -0.3 is 24.9 Å². The highest BCUT2D eigenvalue weighted by Crippen LogP contribution is 2.33. The van der Waals surface area contributed by atoms with E-state index in [1.54, 1.807) is 12.1 Å². The van der Waals surface area contributed by atoms with Gasteiger partial charge in [0.15, 0.2) is 0 Å². The lowest BCUT2D eigenvalue weighted by atomic mass is 9.85. The van der Waals surface area contributed by atoms with Crippen LogP contribution >= 0.6 is 13.5 Å². The Morgan fingerprint density at radius 1 is 0.962 bits per heavy atom. The third kappa shape index (κ3) is 26.6. The maximum atomic E-state index is 12.3. The molecule has 0 radical (unpaired) electrons. The third-order valence-electron chi connectivity index (χ3n) is 7.37. The molecule has 1 aromatic carbocycles. The summed E-state index contributed by atoms with van der Waals surface area (Å²) in [6.45, 7) is 2.20. The van der Waals surface area contributed by atoms with Crippen LogP contribution in [0.1, 0.15) is 88.9 Å². The molecule has 0 spiro atoms. The fraction of sp³-hybridized carbons (Fsp3) is 0.667. The number of rotatable bonds is 9. The molecule has 0 saturated carbocycles. The Bertz CT molecular complexity index is 1320. The first-order valence-electron chi connectivity index (χ1n) is 15.8. The zero-order chi connectivity index (χ0) is 38.3. The van der Waals surface area contributed by atoms with E-state index >= 15 is 0 Å². The van der Waals surface area contributed by atoms with Gasteiger partial charge in [0, 0.05) is 108 Å². The second-order valence-corrected chi connectivity index (χ2v) is 12.8. The van der Waals surface area contributed by atoms with Crippen LogP contribution in [0.25, 0.3) is 20.9 Å². The topological polar surface area (TPSA) is 250 Å². The average molecular weight is 855 g/mol. The van der Waals surface area contributed by atoms with Gasteiger partial charge in [0.25, 0.3) is 5.97 Å². The van der Waals surface area contributed by atoms with Gasteiger partial charge in [-0.05, 0) is 48.9 Å². The zero-order valence-electron chi connectivity index (χ0n) is 28.7. The summed E-state index contributed by atoms with van der Waals surface area (Å²) in [5.41, 5.74) is 17.4. The molecule has 4 unspecified atom stereocenters. The molecule has 4 heterocycles.